The summed E-state index contributed by atoms with van der Waals surface area (Å²) < 4.78 is 7.52. The number of benzene rings is 2. The topological polar surface area (TPSA) is 90.1 Å². The van der Waals surface area contributed by atoms with Gasteiger partial charge in [-0.2, -0.15) is 0 Å². The maximum absolute atomic E-state index is 9.64. The Balaban J connectivity index is 1.71. The van der Waals surface area contributed by atoms with Gasteiger partial charge in [-0.05, 0) is 62.6 Å². The highest BCUT2D eigenvalue weighted by Crippen LogP contribution is 2.30. The normalized spacial score (nSPS) is 12.6. The van der Waals surface area contributed by atoms with Crippen molar-refractivity contribution < 1.29 is 9.63 Å². The SMILES string of the molecule is Cc1noc(C)c1-c1ccc2c(c1)nc(CCc1ccc(O)c(Cl)c1)n2C[C@H](C)N. The molecule has 0 saturated carbocycles. The molecule has 156 valence electrons. The third-order valence-electron chi connectivity index (χ3n) is 5.27. The molecule has 0 radical (unpaired) electrons. The quantitative estimate of drug-likeness (QED) is 0.464. The molecule has 4 rings (SSSR count). The van der Waals surface area contributed by atoms with Crippen LogP contribution in [0.15, 0.2) is 40.9 Å². The Hall–Kier alpha value is -2.83. The minimum Gasteiger partial charge on any atom is -0.506 e. The second kappa shape index (κ2) is 8.13. The van der Waals surface area contributed by atoms with Crippen molar-refractivity contribution in [2.24, 2.45) is 5.73 Å². The van der Waals surface area contributed by atoms with Crippen LogP contribution in [0.4, 0.5) is 0 Å². The second-order valence-electron chi connectivity index (χ2n) is 7.80. The standard InChI is InChI=1S/C23H25ClN4O2/c1-13(25)12-28-20-7-6-17(23-14(2)27-30-15(23)3)11-19(20)26-22(28)9-5-16-4-8-21(29)18(24)10-16/h4,6-8,10-11,13,29H,5,9,12,25H2,1-3H3/t13-/m0/s1. The van der Waals surface area contributed by atoms with E-state index in [-0.39, 0.29) is 11.8 Å². The molecule has 0 aliphatic carbocycles. The third-order valence-corrected chi connectivity index (χ3v) is 5.57. The summed E-state index contributed by atoms with van der Waals surface area (Å²) in [6.07, 6.45) is 1.50. The summed E-state index contributed by atoms with van der Waals surface area (Å²) in [6.45, 7) is 6.54. The Morgan fingerprint density at radius 2 is 1.97 bits per heavy atom. The van der Waals surface area contributed by atoms with Crippen LogP contribution in [0.3, 0.4) is 0 Å². The maximum Gasteiger partial charge on any atom is 0.141 e. The molecule has 0 saturated heterocycles. The van der Waals surface area contributed by atoms with Crippen LogP contribution in [0, 0.1) is 13.8 Å². The summed E-state index contributed by atoms with van der Waals surface area (Å²) in [5.41, 5.74) is 12.1. The van der Waals surface area contributed by atoms with E-state index in [9.17, 15) is 5.11 Å². The molecule has 30 heavy (non-hydrogen) atoms. The lowest BCUT2D eigenvalue weighted by molar-refractivity contribution is 0.393. The number of fused-ring (bicyclic) bond motifs is 1. The molecular formula is C23H25ClN4O2. The van der Waals surface area contributed by atoms with E-state index in [1.807, 2.05) is 26.8 Å². The fourth-order valence-electron chi connectivity index (χ4n) is 3.87. The lowest BCUT2D eigenvalue weighted by Crippen LogP contribution is -2.23. The molecule has 3 N–H and O–H groups in total. The molecule has 0 unspecified atom stereocenters. The largest absolute Gasteiger partial charge is 0.506 e. The molecular weight excluding hydrogens is 400 g/mol. The van der Waals surface area contributed by atoms with Crippen LogP contribution in [-0.4, -0.2) is 25.9 Å². The van der Waals surface area contributed by atoms with E-state index in [0.29, 0.717) is 11.6 Å². The minimum atomic E-state index is 0.00602. The maximum atomic E-state index is 9.64. The van der Waals surface area contributed by atoms with E-state index < -0.39 is 0 Å². The Labute approximate surface area is 180 Å². The van der Waals surface area contributed by atoms with Gasteiger partial charge in [-0.3, -0.25) is 0 Å². The Bertz CT molecular complexity index is 1190. The fourth-order valence-corrected chi connectivity index (χ4v) is 4.08. The first-order valence-corrected chi connectivity index (χ1v) is 10.4. The van der Waals surface area contributed by atoms with E-state index in [1.165, 1.54) is 0 Å². The van der Waals surface area contributed by atoms with Crippen molar-refractivity contribution in [3.8, 4) is 16.9 Å². The lowest BCUT2D eigenvalue weighted by Gasteiger charge is -2.12. The molecule has 2 heterocycles. The zero-order chi connectivity index (χ0) is 21.4. The summed E-state index contributed by atoms with van der Waals surface area (Å²) in [7, 11) is 0. The number of imidazole rings is 1. The molecule has 6 nitrogen and oxygen atoms in total. The molecule has 0 bridgehead atoms. The highest BCUT2D eigenvalue weighted by atomic mass is 35.5. The molecule has 0 aliphatic rings. The van der Waals surface area contributed by atoms with Crippen molar-refractivity contribution in [2.45, 2.75) is 46.2 Å². The van der Waals surface area contributed by atoms with Gasteiger partial charge in [0, 0.05) is 24.6 Å². The van der Waals surface area contributed by atoms with Crippen molar-refractivity contribution in [3.05, 3.63) is 64.3 Å². The molecule has 0 amide bonds. The van der Waals surface area contributed by atoms with Crippen LogP contribution in [0.5, 0.6) is 5.75 Å². The van der Waals surface area contributed by atoms with Crippen molar-refractivity contribution in [2.75, 3.05) is 0 Å². The van der Waals surface area contributed by atoms with Gasteiger partial charge in [0.25, 0.3) is 0 Å². The summed E-state index contributed by atoms with van der Waals surface area (Å²) in [5.74, 6) is 1.87. The lowest BCUT2D eigenvalue weighted by atomic mass is 10.0. The van der Waals surface area contributed by atoms with Crippen molar-refractivity contribution in [1.82, 2.24) is 14.7 Å². The number of halogens is 1. The summed E-state index contributed by atoms with van der Waals surface area (Å²) in [4.78, 5) is 4.92. The minimum absolute atomic E-state index is 0.00602. The first-order valence-electron chi connectivity index (χ1n) is 9.99. The Morgan fingerprint density at radius 1 is 1.17 bits per heavy atom. The van der Waals surface area contributed by atoms with Gasteiger partial charge in [-0.25, -0.2) is 4.98 Å². The van der Waals surface area contributed by atoms with Gasteiger partial charge in [0.2, 0.25) is 0 Å². The van der Waals surface area contributed by atoms with Crippen LogP contribution in [-0.2, 0) is 19.4 Å². The Morgan fingerprint density at radius 3 is 2.63 bits per heavy atom. The van der Waals surface area contributed by atoms with E-state index in [4.69, 9.17) is 26.8 Å². The van der Waals surface area contributed by atoms with Crippen LogP contribution < -0.4 is 5.73 Å². The average molecular weight is 425 g/mol. The van der Waals surface area contributed by atoms with Crippen LogP contribution >= 0.6 is 11.6 Å². The van der Waals surface area contributed by atoms with Gasteiger partial charge in [-0.15, -0.1) is 0 Å². The molecule has 0 spiro atoms. The Kier molecular flexibility index (Phi) is 5.54. The van der Waals surface area contributed by atoms with Gasteiger partial charge in [-0.1, -0.05) is 28.9 Å². The van der Waals surface area contributed by atoms with Crippen molar-refractivity contribution >= 4 is 22.6 Å². The second-order valence-corrected chi connectivity index (χ2v) is 8.21. The molecule has 0 fully saturated rings. The van der Waals surface area contributed by atoms with E-state index in [1.54, 1.807) is 12.1 Å². The first kappa shape index (κ1) is 20.4. The molecule has 0 aliphatic heterocycles. The predicted octanol–water partition coefficient (Wildman–Crippen LogP) is 4.80. The van der Waals surface area contributed by atoms with Crippen LogP contribution in [0.2, 0.25) is 5.02 Å². The average Bonchev–Trinajstić information content (AvgIpc) is 3.21. The van der Waals surface area contributed by atoms with E-state index in [2.05, 4.69) is 27.9 Å². The van der Waals surface area contributed by atoms with Gasteiger partial charge in [0.15, 0.2) is 0 Å². The van der Waals surface area contributed by atoms with E-state index in [0.717, 1.165) is 57.8 Å². The third kappa shape index (κ3) is 3.93. The summed E-state index contributed by atoms with van der Waals surface area (Å²) >= 11 is 6.05. The number of aromatic hydroxyl groups is 1. The van der Waals surface area contributed by atoms with Crippen molar-refractivity contribution in [3.63, 3.8) is 0 Å². The molecule has 2 aromatic heterocycles. The fraction of sp³-hybridized carbons (Fsp3) is 0.304. The zero-order valence-electron chi connectivity index (χ0n) is 17.3. The number of aryl methyl sites for hydroxylation is 4. The number of nitrogens with two attached hydrogens (primary N) is 1. The molecule has 2 aromatic carbocycles. The highest BCUT2D eigenvalue weighted by Gasteiger charge is 2.16. The number of hydrogen-bond acceptors (Lipinski definition) is 5. The molecule has 7 heteroatoms. The van der Waals surface area contributed by atoms with Crippen LogP contribution in [0.1, 0.15) is 29.8 Å². The molecule has 1 atom stereocenters. The van der Waals surface area contributed by atoms with Gasteiger partial charge < -0.3 is 19.9 Å². The zero-order valence-corrected chi connectivity index (χ0v) is 18.1. The summed E-state index contributed by atoms with van der Waals surface area (Å²) in [5, 5.41) is 14.1. The monoisotopic (exact) mass is 424 g/mol. The molecule has 4 aromatic rings. The number of nitrogens with zero attached hydrogens (tertiary/aromatic N) is 3. The van der Waals surface area contributed by atoms with Gasteiger partial charge in [0.05, 0.1) is 21.7 Å². The highest BCUT2D eigenvalue weighted by molar-refractivity contribution is 6.32. The smallest absolute Gasteiger partial charge is 0.141 e. The summed E-state index contributed by atoms with van der Waals surface area (Å²) in [6, 6.07) is 11.6. The van der Waals surface area contributed by atoms with Gasteiger partial charge in [0.1, 0.15) is 17.3 Å². The number of rotatable bonds is 6. The number of hydrogen-bond donors (Lipinski definition) is 2. The number of aromatic nitrogens is 3. The van der Waals surface area contributed by atoms with Gasteiger partial charge >= 0.3 is 0 Å². The number of phenols is 1. The number of phenolic OH excluding ortho intramolecular Hbond substituents is 1. The van der Waals surface area contributed by atoms with Crippen LogP contribution in [0.25, 0.3) is 22.2 Å². The first-order chi connectivity index (χ1) is 14.3. The predicted molar refractivity (Wildman–Crippen MR) is 119 cm³/mol. The van der Waals surface area contributed by atoms with Crippen molar-refractivity contribution in [1.29, 1.82) is 0 Å². The van der Waals surface area contributed by atoms with E-state index >= 15 is 0 Å².